The van der Waals surface area contributed by atoms with E-state index < -0.39 is 18.0 Å². The second-order valence-electron chi connectivity index (χ2n) is 6.09. The fourth-order valence-corrected chi connectivity index (χ4v) is 3.00. The Labute approximate surface area is 143 Å². The number of nitrogens with zero attached hydrogens (tertiary/aromatic N) is 1. The summed E-state index contributed by atoms with van der Waals surface area (Å²) in [6, 6.07) is 4.46. The lowest BCUT2D eigenvalue weighted by Crippen LogP contribution is -2.38. The van der Waals surface area contributed by atoms with E-state index in [1.165, 1.54) is 0 Å². The van der Waals surface area contributed by atoms with Crippen LogP contribution in [0.15, 0.2) is 22.7 Å². The number of amides is 4. The van der Waals surface area contributed by atoms with Crippen LogP contribution in [-0.4, -0.2) is 35.3 Å². The third kappa shape index (κ3) is 4.31. The van der Waals surface area contributed by atoms with Gasteiger partial charge in [-0.3, -0.25) is 14.5 Å². The van der Waals surface area contributed by atoms with E-state index in [2.05, 4.69) is 26.6 Å². The lowest BCUT2D eigenvalue weighted by atomic mass is 10.0. The molecule has 124 valence electrons. The zero-order valence-corrected chi connectivity index (χ0v) is 14.9. The number of hydrogen-bond donors (Lipinski definition) is 2. The van der Waals surface area contributed by atoms with Gasteiger partial charge in [-0.2, -0.15) is 0 Å². The maximum absolute atomic E-state index is 12.2. The first-order valence-electron chi connectivity index (χ1n) is 7.45. The maximum Gasteiger partial charge on any atom is 0.325 e. The fourth-order valence-electron chi connectivity index (χ4n) is 2.41. The predicted octanol–water partition coefficient (Wildman–Crippen LogP) is 2.66. The lowest BCUT2D eigenvalue weighted by Gasteiger charge is -2.14. The van der Waals surface area contributed by atoms with Gasteiger partial charge in [0.2, 0.25) is 5.91 Å². The number of carbonyl (C=O) groups excluding carboxylic acids is 3. The van der Waals surface area contributed by atoms with Crippen LogP contribution in [-0.2, 0) is 9.59 Å². The predicted molar refractivity (Wildman–Crippen MR) is 91.0 cm³/mol. The zero-order valence-electron chi connectivity index (χ0n) is 13.4. The Balaban J connectivity index is 1.99. The van der Waals surface area contributed by atoms with Crippen molar-refractivity contribution in [3.05, 3.63) is 28.2 Å². The van der Waals surface area contributed by atoms with Crippen molar-refractivity contribution in [3.63, 3.8) is 0 Å². The van der Waals surface area contributed by atoms with Gasteiger partial charge in [0, 0.05) is 4.47 Å². The number of imide groups is 1. The smallest absolute Gasteiger partial charge is 0.325 e. The molecule has 1 aliphatic rings. The molecular weight excluding hydrogens is 362 g/mol. The number of anilines is 1. The number of rotatable bonds is 5. The normalized spacial score (nSPS) is 17.6. The number of nitrogens with one attached hydrogen (secondary N) is 2. The molecule has 2 N–H and O–H groups in total. The molecule has 1 saturated heterocycles. The number of urea groups is 1. The highest BCUT2D eigenvalue weighted by Crippen LogP contribution is 2.23. The molecule has 7 heteroatoms. The minimum absolute atomic E-state index is 0.279. The van der Waals surface area contributed by atoms with Gasteiger partial charge in [-0.25, -0.2) is 4.79 Å². The standard InChI is InChI=1S/C16H20BrN3O3/c1-9(2)6-13-15(22)20(16(23)19-13)8-14(21)18-12-5-4-10(3)7-11(12)17/h4-5,7,9,13H,6,8H2,1-3H3,(H,18,21)(H,19,23). The molecule has 0 spiro atoms. The van der Waals surface area contributed by atoms with Crippen LogP contribution in [0.3, 0.4) is 0 Å². The Morgan fingerprint density at radius 3 is 2.70 bits per heavy atom. The number of carbonyl (C=O) groups is 3. The van der Waals surface area contributed by atoms with Crippen LogP contribution in [0.5, 0.6) is 0 Å². The van der Waals surface area contributed by atoms with Gasteiger partial charge in [0.1, 0.15) is 12.6 Å². The van der Waals surface area contributed by atoms with Crippen molar-refractivity contribution in [2.24, 2.45) is 5.92 Å². The summed E-state index contributed by atoms with van der Waals surface area (Å²) in [5, 5.41) is 5.32. The second-order valence-corrected chi connectivity index (χ2v) is 6.94. The van der Waals surface area contributed by atoms with Crippen LogP contribution >= 0.6 is 15.9 Å². The van der Waals surface area contributed by atoms with Gasteiger partial charge in [0.15, 0.2) is 0 Å². The van der Waals surface area contributed by atoms with E-state index >= 15 is 0 Å². The Morgan fingerprint density at radius 2 is 2.09 bits per heavy atom. The summed E-state index contributed by atoms with van der Waals surface area (Å²) in [5.74, 6) is -0.480. The van der Waals surface area contributed by atoms with Crippen molar-refractivity contribution in [1.82, 2.24) is 10.2 Å². The molecule has 1 aliphatic heterocycles. The molecule has 1 aromatic carbocycles. The van der Waals surface area contributed by atoms with E-state index in [4.69, 9.17) is 0 Å². The summed E-state index contributed by atoms with van der Waals surface area (Å²) in [6.45, 7) is 5.60. The average molecular weight is 382 g/mol. The summed E-state index contributed by atoms with van der Waals surface area (Å²) in [5.41, 5.74) is 1.66. The summed E-state index contributed by atoms with van der Waals surface area (Å²) in [6.07, 6.45) is 0.562. The highest BCUT2D eigenvalue weighted by Gasteiger charge is 2.38. The largest absolute Gasteiger partial charge is 0.326 e. The highest BCUT2D eigenvalue weighted by molar-refractivity contribution is 9.10. The first kappa shape index (κ1) is 17.5. The Hall–Kier alpha value is -1.89. The van der Waals surface area contributed by atoms with E-state index in [0.717, 1.165) is 14.9 Å². The van der Waals surface area contributed by atoms with Crippen LogP contribution < -0.4 is 10.6 Å². The highest BCUT2D eigenvalue weighted by atomic mass is 79.9. The molecule has 1 aromatic rings. The lowest BCUT2D eigenvalue weighted by molar-refractivity contribution is -0.131. The molecule has 2 rings (SSSR count). The third-order valence-corrected chi connectivity index (χ3v) is 4.17. The molecule has 1 heterocycles. The quantitative estimate of drug-likeness (QED) is 0.769. The van der Waals surface area contributed by atoms with Crippen molar-refractivity contribution in [3.8, 4) is 0 Å². The molecule has 1 fully saturated rings. The van der Waals surface area contributed by atoms with Gasteiger partial charge >= 0.3 is 6.03 Å². The Morgan fingerprint density at radius 1 is 1.39 bits per heavy atom. The molecule has 0 aromatic heterocycles. The Bertz CT molecular complexity index is 645. The van der Waals surface area contributed by atoms with Gasteiger partial charge in [0.25, 0.3) is 5.91 Å². The van der Waals surface area contributed by atoms with Crippen LogP contribution in [0, 0.1) is 12.8 Å². The molecule has 4 amide bonds. The maximum atomic E-state index is 12.2. The molecule has 6 nitrogen and oxygen atoms in total. The molecule has 1 unspecified atom stereocenters. The average Bonchev–Trinajstić information content (AvgIpc) is 2.69. The van der Waals surface area contributed by atoms with Crippen molar-refractivity contribution in [2.75, 3.05) is 11.9 Å². The van der Waals surface area contributed by atoms with E-state index in [1.54, 1.807) is 6.07 Å². The van der Waals surface area contributed by atoms with Crippen molar-refractivity contribution in [2.45, 2.75) is 33.2 Å². The number of hydrogen-bond acceptors (Lipinski definition) is 3. The minimum Gasteiger partial charge on any atom is -0.326 e. The second kappa shape index (κ2) is 7.12. The molecule has 0 aliphatic carbocycles. The fraction of sp³-hybridized carbons (Fsp3) is 0.438. The van der Waals surface area contributed by atoms with E-state index in [0.29, 0.717) is 12.1 Å². The van der Waals surface area contributed by atoms with Gasteiger partial charge in [0.05, 0.1) is 5.69 Å². The summed E-state index contributed by atoms with van der Waals surface area (Å²) >= 11 is 3.37. The Kier molecular flexibility index (Phi) is 5.41. The van der Waals surface area contributed by atoms with Crippen LogP contribution in [0.4, 0.5) is 10.5 Å². The topological polar surface area (TPSA) is 78.5 Å². The molecular formula is C16H20BrN3O3. The van der Waals surface area contributed by atoms with Gasteiger partial charge in [-0.05, 0) is 52.9 Å². The van der Waals surface area contributed by atoms with Crippen LogP contribution in [0.25, 0.3) is 0 Å². The summed E-state index contributed by atoms with van der Waals surface area (Å²) < 4.78 is 0.751. The van der Waals surface area contributed by atoms with Gasteiger partial charge < -0.3 is 10.6 Å². The van der Waals surface area contributed by atoms with E-state index in [1.807, 2.05) is 32.9 Å². The van der Waals surface area contributed by atoms with E-state index in [-0.39, 0.29) is 18.4 Å². The zero-order chi connectivity index (χ0) is 17.1. The van der Waals surface area contributed by atoms with E-state index in [9.17, 15) is 14.4 Å². The monoisotopic (exact) mass is 381 g/mol. The van der Waals surface area contributed by atoms with Crippen molar-refractivity contribution >= 4 is 39.5 Å². The molecule has 0 radical (unpaired) electrons. The van der Waals surface area contributed by atoms with Crippen LogP contribution in [0.2, 0.25) is 0 Å². The first-order chi connectivity index (χ1) is 10.8. The van der Waals surface area contributed by atoms with Crippen LogP contribution in [0.1, 0.15) is 25.8 Å². The molecule has 1 atom stereocenters. The molecule has 0 bridgehead atoms. The molecule has 0 saturated carbocycles. The molecule has 23 heavy (non-hydrogen) atoms. The van der Waals surface area contributed by atoms with Gasteiger partial charge in [-0.1, -0.05) is 19.9 Å². The number of aryl methyl sites for hydroxylation is 1. The summed E-state index contributed by atoms with van der Waals surface area (Å²) in [4.78, 5) is 37.2. The summed E-state index contributed by atoms with van der Waals surface area (Å²) in [7, 11) is 0. The minimum atomic E-state index is -0.540. The van der Waals surface area contributed by atoms with Crippen molar-refractivity contribution < 1.29 is 14.4 Å². The third-order valence-electron chi connectivity index (χ3n) is 3.51. The first-order valence-corrected chi connectivity index (χ1v) is 8.25. The number of benzene rings is 1. The van der Waals surface area contributed by atoms with Crippen molar-refractivity contribution in [1.29, 1.82) is 0 Å². The number of halogens is 1. The SMILES string of the molecule is Cc1ccc(NC(=O)CN2C(=O)NC(CC(C)C)C2=O)c(Br)c1. The van der Waals surface area contributed by atoms with Gasteiger partial charge in [-0.15, -0.1) is 0 Å².